The minimum Gasteiger partial charge on any atom is -0.484 e. The topological polar surface area (TPSA) is 130 Å². The minimum atomic E-state index is -0.501. The summed E-state index contributed by atoms with van der Waals surface area (Å²) in [6.45, 7) is -0.263. The fourth-order valence-corrected chi connectivity index (χ4v) is 3.15. The summed E-state index contributed by atoms with van der Waals surface area (Å²) in [5.41, 5.74) is 7.99. The van der Waals surface area contributed by atoms with Crippen molar-refractivity contribution in [2.75, 3.05) is 6.61 Å². The molecule has 1 aromatic heterocycles. The Morgan fingerprint density at radius 1 is 0.857 bits per heavy atom. The zero-order chi connectivity index (χ0) is 24.5. The second-order valence-corrected chi connectivity index (χ2v) is 7.48. The Balaban J connectivity index is 1.17. The molecule has 0 bridgehead atoms. The van der Waals surface area contributed by atoms with Crippen molar-refractivity contribution < 1.29 is 18.8 Å². The average Bonchev–Trinajstić information content (AvgIpc) is 3.39. The summed E-state index contributed by atoms with van der Waals surface area (Å²) < 4.78 is 10.6. The van der Waals surface area contributed by atoms with Gasteiger partial charge < -0.3 is 9.26 Å². The van der Waals surface area contributed by atoms with Gasteiger partial charge in [-0.05, 0) is 35.4 Å². The summed E-state index contributed by atoms with van der Waals surface area (Å²) in [4.78, 5) is 28.3. The van der Waals surface area contributed by atoms with Gasteiger partial charge in [0.25, 0.3) is 5.91 Å². The Hall–Kier alpha value is -4.97. The Morgan fingerprint density at radius 2 is 1.51 bits per heavy atom. The van der Waals surface area contributed by atoms with Crippen molar-refractivity contribution in [1.29, 1.82) is 5.26 Å². The second-order valence-electron chi connectivity index (χ2n) is 7.48. The first-order valence-corrected chi connectivity index (χ1v) is 10.8. The van der Waals surface area contributed by atoms with Crippen LogP contribution in [0.25, 0.3) is 22.5 Å². The monoisotopic (exact) mass is 467 g/mol. The predicted octanol–water partition coefficient (Wildman–Crippen LogP) is 3.43. The van der Waals surface area contributed by atoms with Crippen molar-refractivity contribution in [1.82, 2.24) is 21.0 Å². The first-order valence-electron chi connectivity index (χ1n) is 10.8. The van der Waals surface area contributed by atoms with Crippen molar-refractivity contribution in [3.05, 3.63) is 90.3 Å². The Labute approximate surface area is 201 Å². The van der Waals surface area contributed by atoms with E-state index in [2.05, 4.69) is 27.1 Å². The standard InChI is InChI=1S/C26H21N5O4/c27-16-18-6-8-19(9-7-18)20-10-12-22(13-11-20)34-17-24(33)30-29-23(32)14-15-25-28-26(31-35-25)21-4-2-1-3-5-21/h1-13H,14-15,17H2,(H,29,32)(H,30,33). The molecule has 0 aliphatic rings. The van der Waals surface area contributed by atoms with Gasteiger partial charge in [-0.3, -0.25) is 20.4 Å². The van der Waals surface area contributed by atoms with Gasteiger partial charge in [0.2, 0.25) is 17.6 Å². The lowest BCUT2D eigenvalue weighted by atomic mass is 10.0. The van der Waals surface area contributed by atoms with E-state index in [1.807, 2.05) is 54.6 Å². The molecule has 0 spiro atoms. The smallest absolute Gasteiger partial charge is 0.276 e. The van der Waals surface area contributed by atoms with Gasteiger partial charge in [-0.25, -0.2) is 0 Å². The third-order valence-electron chi connectivity index (χ3n) is 4.98. The molecule has 0 saturated heterocycles. The lowest BCUT2D eigenvalue weighted by molar-refractivity contribution is -0.130. The molecular weight excluding hydrogens is 446 g/mol. The third kappa shape index (κ3) is 6.52. The van der Waals surface area contributed by atoms with E-state index in [-0.39, 0.29) is 19.4 Å². The predicted molar refractivity (Wildman–Crippen MR) is 126 cm³/mol. The average molecular weight is 467 g/mol. The maximum absolute atomic E-state index is 12.0. The molecule has 4 rings (SSSR count). The van der Waals surface area contributed by atoms with Crippen molar-refractivity contribution in [3.8, 4) is 34.3 Å². The van der Waals surface area contributed by atoms with Crippen LogP contribution < -0.4 is 15.6 Å². The quantitative estimate of drug-likeness (QED) is 0.380. The number of carbonyl (C=O) groups excluding carboxylic acids is 2. The van der Waals surface area contributed by atoms with Crippen molar-refractivity contribution in [2.45, 2.75) is 12.8 Å². The molecule has 9 nitrogen and oxygen atoms in total. The zero-order valence-corrected chi connectivity index (χ0v) is 18.6. The lowest BCUT2D eigenvalue weighted by Crippen LogP contribution is -2.43. The van der Waals surface area contributed by atoms with Crippen LogP contribution in [0.2, 0.25) is 0 Å². The summed E-state index contributed by atoms with van der Waals surface area (Å²) in [6.07, 6.45) is 0.304. The number of ether oxygens (including phenoxy) is 1. The summed E-state index contributed by atoms with van der Waals surface area (Å²) in [6, 6.07) is 25.9. The summed E-state index contributed by atoms with van der Waals surface area (Å²) >= 11 is 0. The van der Waals surface area contributed by atoms with Crippen LogP contribution in [0.4, 0.5) is 0 Å². The van der Waals surface area contributed by atoms with Gasteiger partial charge in [0, 0.05) is 18.4 Å². The SMILES string of the molecule is N#Cc1ccc(-c2ccc(OCC(=O)NNC(=O)CCc3nc(-c4ccccc4)no3)cc2)cc1. The Bertz CT molecular complexity index is 1330. The van der Waals surface area contributed by atoms with Crippen molar-refractivity contribution in [2.24, 2.45) is 0 Å². The zero-order valence-electron chi connectivity index (χ0n) is 18.6. The molecule has 1 heterocycles. The van der Waals surface area contributed by atoms with Gasteiger partial charge in [-0.1, -0.05) is 59.8 Å². The molecule has 174 valence electrons. The van der Waals surface area contributed by atoms with Gasteiger partial charge in [0.15, 0.2) is 6.61 Å². The number of benzene rings is 3. The molecule has 0 atom stereocenters. The van der Waals surface area contributed by atoms with Crippen LogP contribution in [0.3, 0.4) is 0 Å². The van der Waals surface area contributed by atoms with E-state index in [1.54, 1.807) is 24.3 Å². The van der Waals surface area contributed by atoms with Crippen molar-refractivity contribution in [3.63, 3.8) is 0 Å². The lowest BCUT2D eigenvalue weighted by Gasteiger charge is -2.09. The molecule has 2 N–H and O–H groups in total. The molecule has 2 amide bonds. The molecule has 0 aliphatic carbocycles. The van der Waals surface area contributed by atoms with Crippen LogP contribution in [-0.2, 0) is 16.0 Å². The maximum atomic E-state index is 12.0. The fourth-order valence-electron chi connectivity index (χ4n) is 3.15. The number of hydrazine groups is 1. The highest BCUT2D eigenvalue weighted by atomic mass is 16.5. The van der Waals surface area contributed by atoms with E-state index in [0.717, 1.165) is 16.7 Å². The van der Waals surface area contributed by atoms with E-state index in [4.69, 9.17) is 14.5 Å². The van der Waals surface area contributed by atoms with Gasteiger partial charge in [0.05, 0.1) is 11.6 Å². The van der Waals surface area contributed by atoms with E-state index in [9.17, 15) is 9.59 Å². The number of nitriles is 1. The van der Waals surface area contributed by atoms with Gasteiger partial charge in [0.1, 0.15) is 5.75 Å². The molecule has 35 heavy (non-hydrogen) atoms. The summed E-state index contributed by atoms with van der Waals surface area (Å²) in [5, 5.41) is 12.8. The van der Waals surface area contributed by atoms with E-state index >= 15 is 0 Å². The van der Waals surface area contributed by atoms with E-state index in [1.165, 1.54) is 0 Å². The molecule has 0 saturated carbocycles. The molecule has 4 aromatic rings. The second kappa shape index (κ2) is 11.2. The molecule has 0 fully saturated rings. The number of aryl methyl sites for hydroxylation is 1. The number of carbonyl (C=O) groups is 2. The largest absolute Gasteiger partial charge is 0.484 e. The summed E-state index contributed by atoms with van der Waals surface area (Å²) in [7, 11) is 0. The fraction of sp³-hybridized carbons (Fsp3) is 0.115. The van der Waals surface area contributed by atoms with Crippen LogP contribution in [-0.4, -0.2) is 28.6 Å². The molecule has 0 radical (unpaired) electrons. The normalized spacial score (nSPS) is 10.3. The van der Waals surface area contributed by atoms with Gasteiger partial charge in [-0.15, -0.1) is 0 Å². The molecular formula is C26H21N5O4. The van der Waals surface area contributed by atoms with Crippen LogP contribution in [0, 0.1) is 11.3 Å². The highest BCUT2D eigenvalue weighted by Crippen LogP contribution is 2.22. The first-order chi connectivity index (χ1) is 17.1. The molecule has 3 aromatic carbocycles. The number of hydrogen-bond donors (Lipinski definition) is 2. The highest BCUT2D eigenvalue weighted by Gasteiger charge is 2.11. The number of aromatic nitrogens is 2. The Morgan fingerprint density at radius 3 is 2.20 bits per heavy atom. The number of hydrogen-bond acceptors (Lipinski definition) is 7. The van der Waals surface area contributed by atoms with Crippen LogP contribution >= 0.6 is 0 Å². The van der Waals surface area contributed by atoms with Crippen LogP contribution in [0.1, 0.15) is 17.9 Å². The minimum absolute atomic E-state index is 0.0639. The Kier molecular flexibility index (Phi) is 7.46. The number of nitrogens with one attached hydrogen (secondary N) is 2. The van der Waals surface area contributed by atoms with E-state index in [0.29, 0.717) is 23.0 Å². The van der Waals surface area contributed by atoms with Gasteiger partial charge in [-0.2, -0.15) is 10.2 Å². The number of amides is 2. The molecule has 0 aliphatic heterocycles. The number of nitrogens with zero attached hydrogens (tertiary/aromatic N) is 3. The van der Waals surface area contributed by atoms with Gasteiger partial charge >= 0.3 is 0 Å². The highest BCUT2D eigenvalue weighted by molar-refractivity contribution is 5.82. The van der Waals surface area contributed by atoms with E-state index < -0.39 is 11.8 Å². The molecule has 9 heteroatoms. The van der Waals surface area contributed by atoms with Crippen molar-refractivity contribution >= 4 is 11.8 Å². The maximum Gasteiger partial charge on any atom is 0.276 e. The van der Waals surface area contributed by atoms with Crippen LogP contribution in [0.5, 0.6) is 5.75 Å². The summed E-state index contributed by atoms with van der Waals surface area (Å²) in [5.74, 6) is 0.396. The molecule has 0 unspecified atom stereocenters. The van der Waals surface area contributed by atoms with Crippen LogP contribution in [0.15, 0.2) is 83.4 Å². The first kappa shape index (κ1) is 23.2. The number of rotatable bonds is 8. The third-order valence-corrected chi connectivity index (χ3v) is 4.98.